The predicted molar refractivity (Wildman–Crippen MR) is 81.4 cm³/mol. The minimum Gasteiger partial charge on any atom is -0.497 e. The van der Waals surface area contributed by atoms with Crippen LogP contribution in [0.25, 0.3) is 0 Å². The zero-order valence-corrected chi connectivity index (χ0v) is 12.8. The molecule has 1 aromatic heterocycles. The van der Waals surface area contributed by atoms with Gasteiger partial charge in [-0.25, -0.2) is 9.97 Å². The number of methoxy groups -OCH3 is 1. The van der Waals surface area contributed by atoms with Gasteiger partial charge in [-0.15, -0.1) is 0 Å². The van der Waals surface area contributed by atoms with Gasteiger partial charge in [0.15, 0.2) is 0 Å². The molecular weight excluding hydrogens is 272 g/mol. The highest BCUT2D eigenvalue weighted by Crippen LogP contribution is 2.17. The van der Waals surface area contributed by atoms with Gasteiger partial charge in [0.1, 0.15) is 16.7 Å². The fraction of sp³-hybridized carbons (Fsp3) is 0.375. The standard InChI is InChI=1S/C16H19ClN2O/c1-11(2)7-13-10-15(17)19-16(18-13)9-12-5-4-6-14(8-12)20-3/h4-6,8,10-11H,7,9H2,1-3H3. The normalized spacial score (nSPS) is 10.8. The van der Waals surface area contributed by atoms with E-state index < -0.39 is 0 Å². The third kappa shape index (κ3) is 4.20. The molecule has 106 valence electrons. The Hall–Kier alpha value is -1.61. The van der Waals surface area contributed by atoms with E-state index in [0.29, 0.717) is 17.5 Å². The minimum absolute atomic E-state index is 0.508. The Morgan fingerprint density at radius 1 is 1.20 bits per heavy atom. The van der Waals surface area contributed by atoms with Crippen LogP contribution in [0.15, 0.2) is 30.3 Å². The number of nitrogens with zero attached hydrogens (tertiary/aromatic N) is 2. The van der Waals surface area contributed by atoms with Gasteiger partial charge in [0.25, 0.3) is 0 Å². The maximum absolute atomic E-state index is 6.08. The summed E-state index contributed by atoms with van der Waals surface area (Å²) in [6.45, 7) is 4.33. The van der Waals surface area contributed by atoms with Gasteiger partial charge < -0.3 is 4.74 Å². The molecule has 2 rings (SSSR count). The molecule has 0 N–H and O–H groups in total. The monoisotopic (exact) mass is 290 g/mol. The van der Waals surface area contributed by atoms with E-state index in [4.69, 9.17) is 16.3 Å². The fourth-order valence-corrected chi connectivity index (χ4v) is 2.31. The molecule has 4 heteroatoms. The number of halogens is 1. The van der Waals surface area contributed by atoms with Crippen molar-refractivity contribution in [2.45, 2.75) is 26.7 Å². The molecule has 3 nitrogen and oxygen atoms in total. The summed E-state index contributed by atoms with van der Waals surface area (Å²) in [5.74, 6) is 2.14. The summed E-state index contributed by atoms with van der Waals surface area (Å²) in [7, 11) is 1.66. The van der Waals surface area contributed by atoms with Crippen LogP contribution in [0.1, 0.15) is 30.9 Å². The number of aromatic nitrogens is 2. The predicted octanol–water partition coefficient (Wildman–Crippen LogP) is 3.93. The second kappa shape index (κ2) is 6.71. The van der Waals surface area contributed by atoms with Crippen LogP contribution in [0.5, 0.6) is 5.75 Å². The lowest BCUT2D eigenvalue weighted by molar-refractivity contribution is 0.414. The van der Waals surface area contributed by atoms with E-state index in [0.717, 1.165) is 29.3 Å². The van der Waals surface area contributed by atoms with Crippen LogP contribution in [-0.4, -0.2) is 17.1 Å². The molecule has 0 amide bonds. The van der Waals surface area contributed by atoms with E-state index in [1.165, 1.54) is 0 Å². The zero-order valence-electron chi connectivity index (χ0n) is 12.1. The van der Waals surface area contributed by atoms with Crippen molar-refractivity contribution in [3.8, 4) is 5.75 Å². The van der Waals surface area contributed by atoms with E-state index in [-0.39, 0.29) is 0 Å². The Labute approximate surface area is 125 Å². The topological polar surface area (TPSA) is 35.0 Å². The maximum atomic E-state index is 6.08. The molecule has 0 unspecified atom stereocenters. The zero-order chi connectivity index (χ0) is 14.5. The smallest absolute Gasteiger partial charge is 0.134 e. The van der Waals surface area contributed by atoms with Crippen LogP contribution in [0.3, 0.4) is 0 Å². The maximum Gasteiger partial charge on any atom is 0.134 e. The lowest BCUT2D eigenvalue weighted by atomic mass is 10.1. The summed E-state index contributed by atoms with van der Waals surface area (Å²) in [5, 5.41) is 0.508. The van der Waals surface area contributed by atoms with Crippen LogP contribution >= 0.6 is 11.6 Å². The van der Waals surface area contributed by atoms with Crippen molar-refractivity contribution in [3.63, 3.8) is 0 Å². The molecule has 0 radical (unpaired) electrons. The van der Waals surface area contributed by atoms with E-state index >= 15 is 0 Å². The lowest BCUT2D eigenvalue weighted by Crippen LogP contribution is -2.04. The van der Waals surface area contributed by atoms with Gasteiger partial charge in [0.05, 0.1) is 7.11 Å². The molecule has 2 aromatic rings. The number of ether oxygens (including phenoxy) is 1. The van der Waals surface area contributed by atoms with Gasteiger partial charge in [-0.1, -0.05) is 37.6 Å². The largest absolute Gasteiger partial charge is 0.497 e. The van der Waals surface area contributed by atoms with Crippen molar-refractivity contribution >= 4 is 11.6 Å². The summed E-state index contributed by atoms with van der Waals surface area (Å²) in [5.41, 5.74) is 2.11. The highest BCUT2D eigenvalue weighted by molar-refractivity contribution is 6.29. The van der Waals surface area contributed by atoms with Crippen molar-refractivity contribution in [3.05, 3.63) is 52.6 Å². The number of rotatable bonds is 5. The Balaban J connectivity index is 2.21. The molecular formula is C16H19ClN2O. The number of benzene rings is 1. The third-order valence-electron chi connectivity index (χ3n) is 2.91. The average Bonchev–Trinajstić information content (AvgIpc) is 2.37. The first-order chi connectivity index (χ1) is 9.56. The van der Waals surface area contributed by atoms with Crippen molar-refractivity contribution in [1.29, 1.82) is 0 Å². The summed E-state index contributed by atoms with van der Waals surface area (Å²) in [6.07, 6.45) is 1.57. The fourth-order valence-electron chi connectivity index (χ4n) is 2.08. The van der Waals surface area contributed by atoms with Gasteiger partial charge in [-0.3, -0.25) is 0 Å². The first-order valence-electron chi connectivity index (χ1n) is 6.72. The molecule has 1 aromatic carbocycles. The van der Waals surface area contributed by atoms with Crippen LogP contribution in [0.4, 0.5) is 0 Å². The second-order valence-electron chi connectivity index (χ2n) is 5.22. The van der Waals surface area contributed by atoms with E-state index in [1.54, 1.807) is 7.11 Å². The van der Waals surface area contributed by atoms with E-state index in [1.807, 2.05) is 30.3 Å². The third-order valence-corrected chi connectivity index (χ3v) is 3.10. The van der Waals surface area contributed by atoms with Gasteiger partial charge in [-0.2, -0.15) is 0 Å². The van der Waals surface area contributed by atoms with Crippen LogP contribution in [-0.2, 0) is 12.8 Å². The molecule has 0 aliphatic rings. The van der Waals surface area contributed by atoms with Gasteiger partial charge >= 0.3 is 0 Å². The van der Waals surface area contributed by atoms with Gasteiger partial charge in [0, 0.05) is 12.1 Å². The minimum atomic E-state index is 0.508. The molecule has 1 heterocycles. The summed E-state index contributed by atoms with van der Waals surface area (Å²) >= 11 is 6.08. The Kier molecular flexibility index (Phi) is 4.96. The van der Waals surface area contributed by atoms with Crippen molar-refractivity contribution < 1.29 is 4.74 Å². The van der Waals surface area contributed by atoms with E-state index in [2.05, 4.69) is 23.8 Å². The Morgan fingerprint density at radius 3 is 2.70 bits per heavy atom. The SMILES string of the molecule is COc1cccc(Cc2nc(Cl)cc(CC(C)C)n2)c1. The van der Waals surface area contributed by atoms with Crippen molar-refractivity contribution in [1.82, 2.24) is 9.97 Å². The van der Waals surface area contributed by atoms with Crippen LogP contribution in [0.2, 0.25) is 5.15 Å². The molecule has 0 aliphatic heterocycles. The van der Waals surface area contributed by atoms with Crippen molar-refractivity contribution in [2.24, 2.45) is 5.92 Å². The molecule has 20 heavy (non-hydrogen) atoms. The second-order valence-corrected chi connectivity index (χ2v) is 5.61. The lowest BCUT2D eigenvalue weighted by Gasteiger charge is -2.08. The first-order valence-corrected chi connectivity index (χ1v) is 7.10. The molecule has 0 fully saturated rings. The summed E-state index contributed by atoms with van der Waals surface area (Å²) < 4.78 is 5.23. The molecule has 0 saturated heterocycles. The molecule has 0 saturated carbocycles. The molecule has 0 bridgehead atoms. The highest BCUT2D eigenvalue weighted by atomic mass is 35.5. The van der Waals surface area contributed by atoms with Crippen LogP contribution < -0.4 is 4.74 Å². The average molecular weight is 291 g/mol. The number of hydrogen-bond donors (Lipinski definition) is 0. The molecule has 0 aliphatic carbocycles. The molecule has 0 atom stereocenters. The quantitative estimate of drug-likeness (QED) is 0.783. The van der Waals surface area contributed by atoms with Gasteiger partial charge in [-0.05, 0) is 36.1 Å². The Bertz CT molecular complexity index is 584. The number of hydrogen-bond acceptors (Lipinski definition) is 3. The Morgan fingerprint density at radius 2 is 2.00 bits per heavy atom. The summed E-state index contributed by atoms with van der Waals surface area (Å²) in [4.78, 5) is 8.89. The van der Waals surface area contributed by atoms with Crippen molar-refractivity contribution in [2.75, 3.05) is 7.11 Å². The first kappa shape index (κ1) is 14.8. The van der Waals surface area contributed by atoms with Crippen LogP contribution in [0, 0.1) is 5.92 Å². The highest BCUT2D eigenvalue weighted by Gasteiger charge is 2.07. The van der Waals surface area contributed by atoms with Gasteiger partial charge in [0.2, 0.25) is 0 Å². The molecule has 0 spiro atoms. The van der Waals surface area contributed by atoms with E-state index in [9.17, 15) is 0 Å². The summed E-state index contributed by atoms with van der Waals surface area (Å²) in [6, 6.07) is 9.76.